The van der Waals surface area contributed by atoms with Gasteiger partial charge in [0.25, 0.3) is 0 Å². The number of ether oxygens (including phenoxy) is 1. The third-order valence-corrected chi connectivity index (χ3v) is 5.31. The molecule has 2 aromatic carbocycles. The Hall–Kier alpha value is -2.48. The van der Waals surface area contributed by atoms with Gasteiger partial charge >= 0.3 is 12.1 Å². The van der Waals surface area contributed by atoms with Gasteiger partial charge in [-0.1, -0.05) is 42.5 Å². The molecule has 26 heavy (non-hydrogen) atoms. The summed E-state index contributed by atoms with van der Waals surface area (Å²) in [7, 11) is 0. The Bertz CT molecular complexity index is 840. The maximum Gasteiger partial charge on any atom is 0.490 e. The Morgan fingerprint density at radius 3 is 2.50 bits per heavy atom. The normalized spacial score (nSPS) is 17.4. The monoisotopic (exact) mass is 380 g/mol. The molecule has 0 spiro atoms. The van der Waals surface area contributed by atoms with Crippen molar-refractivity contribution in [3.8, 4) is 0 Å². The molecule has 2 aromatic rings. The maximum atomic E-state index is 12.7. The van der Waals surface area contributed by atoms with Crippen molar-refractivity contribution in [1.29, 1.82) is 5.41 Å². The van der Waals surface area contributed by atoms with Crippen molar-refractivity contribution in [3.05, 3.63) is 65.2 Å². The molecule has 3 rings (SSSR count). The van der Waals surface area contributed by atoms with Gasteiger partial charge in [-0.2, -0.15) is 13.2 Å². The van der Waals surface area contributed by atoms with E-state index in [1.807, 2.05) is 0 Å². The molecule has 0 saturated heterocycles. The summed E-state index contributed by atoms with van der Waals surface area (Å²) in [5.74, 6) is -2.18. The standard InChI is InChI=1S/C18H15F3N2O2S/c19-18(20,21)17(24)25-15(10-4-2-1-3-5-10)12-7-6-11-8-14(16(22)23)26-13(11)9-12/h1-7,9,14-15H,8H2,(H3,22,23). The lowest BCUT2D eigenvalue weighted by Crippen LogP contribution is -2.27. The first kappa shape index (κ1) is 18.3. The smallest absolute Gasteiger partial charge is 0.446 e. The lowest BCUT2D eigenvalue weighted by Gasteiger charge is -2.20. The van der Waals surface area contributed by atoms with E-state index in [-0.39, 0.29) is 11.1 Å². The van der Waals surface area contributed by atoms with E-state index >= 15 is 0 Å². The number of nitrogens with two attached hydrogens (primary N) is 1. The fraction of sp³-hybridized carbons (Fsp3) is 0.222. The summed E-state index contributed by atoms with van der Waals surface area (Å²) in [5, 5.41) is 7.38. The van der Waals surface area contributed by atoms with Gasteiger partial charge in [0.2, 0.25) is 0 Å². The largest absolute Gasteiger partial charge is 0.490 e. The summed E-state index contributed by atoms with van der Waals surface area (Å²) in [6.07, 6.45) is -5.65. The molecular weight excluding hydrogens is 365 g/mol. The van der Waals surface area contributed by atoms with Crippen LogP contribution in [0, 0.1) is 5.41 Å². The molecule has 4 nitrogen and oxygen atoms in total. The third kappa shape index (κ3) is 3.85. The van der Waals surface area contributed by atoms with Crippen molar-refractivity contribution in [2.75, 3.05) is 0 Å². The highest BCUT2D eigenvalue weighted by molar-refractivity contribution is 8.01. The van der Waals surface area contributed by atoms with E-state index in [0.717, 1.165) is 10.5 Å². The zero-order valence-corrected chi connectivity index (χ0v) is 14.2. The fourth-order valence-electron chi connectivity index (χ4n) is 2.71. The highest BCUT2D eigenvalue weighted by atomic mass is 32.2. The van der Waals surface area contributed by atoms with Crippen LogP contribution in [-0.4, -0.2) is 23.2 Å². The summed E-state index contributed by atoms with van der Waals surface area (Å²) in [6.45, 7) is 0. The Morgan fingerprint density at radius 1 is 1.19 bits per heavy atom. The molecule has 0 saturated carbocycles. The second-order valence-electron chi connectivity index (χ2n) is 5.83. The minimum Gasteiger partial charge on any atom is -0.446 e. The van der Waals surface area contributed by atoms with Crippen molar-refractivity contribution >= 4 is 23.6 Å². The first-order chi connectivity index (χ1) is 12.3. The third-order valence-electron chi connectivity index (χ3n) is 3.97. The number of esters is 1. The van der Waals surface area contributed by atoms with Gasteiger partial charge < -0.3 is 10.5 Å². The van der Waals surface area contributed by atoms with Gasteiger partial charge in [-0.05, 0) is 29.2 Å². The van der Waals surface area contributed by atoms with E-state index in [4.69, 9.17) is 15.9 Å². The zero-order valence-electron chi connectivity index (χ0n) is 13.4. The number of benzene rings is 2. The Kier molecular flexibility index (Phi) is 4.95. The number of carbonyl (C=O) groups excluding carboxylic acids is 1. The van der Waals surface area contributed by atoms with Crippen LogP contribution in [0.2, 0.25) is 0 Å². The van der Waals surface area contributed by atoms with Crippen LogP contribution in [0.5, 0.6) is 0 Å². The number of amidine groups is 1. The molecule has 0 aromatic heterocycles. The Morgan fingerprint density at radius 2 is 1.88 bits per heavy atom. The van der Waals surface area contributed by atoms with Gasteiger partial charge in [0.05, 0.1) is 5.25 Å². The average Bonchev–Trinajstić information content (AvgIpc) is 3.03. The molecule has 8 heteroatoms. The predicted octanol–water partition coefficient (Wildman–Crippen LogP) is 3.83. The second kappa shape index (κ2) is 7.03. The minimum atomic E-state index is -5.07. The topological polar surface area (TPSA) is 76.2 Å². The number of nitrogens with one attached hydrogen (secondary N) is 1. The van der Waals surface area contributed by atoms with Crippen LogP contribution in [0.25, 0.3) is 0 Å². The lowest BCUT2D eigenvalue weighted by molar-refractivity contribution is -0.203. The van der Waals surface area contributed by atoms with E-state index in [2.05, 4.69) is 0 Å². The SMILES string of the molecule is N=C(N)C1Cc2ccc(C(OC(=O)C(F)(F)F)c3ccccc3)cc2S1. The molecule has 0 radical (unpaired) electrons. The molecule has 1 heterocycles. The van der Waals surface area contributed by atoms with Crippen molar-refractivity contribution in [3.63, 3.8) is 0 Å². The molecule has 136 valence electrons. The molecule has 2 atom stereocenters. The van der Waals surface area contributed by atoms with Crippen LogP contribution in [0.1, 0.15) is 22.8 Å². The molecule has 0 fully saturated rings. The van der Waals surface area contributed by atoms with Crippen LogP contribution in [0.4, 0.5) is 13.2 Å². The second-order valence-corrected chi connectivity index (χ2v) is 7.07. The van der Waals surface area contributed by atoms with Crippen LogP contribution in [0.15, 0.2) is 53.4 Å². The zero-order chi connectivity index (χ0) is 18.9. The van der Waals surface area contributed by atoms with Crippen LogP contribution in [0.3, 0.4) is 0 Å². The van der Waals surface area contributed by atoms with Crippen LogP contribution < -0.4 is 5.73 Å². The number of halogens is 3. The summed E-state index contributed by atoms with van der Waals surface area (Å²) < 4.78 is 42.8. The van der Waals surface area contributed by atoms with Gasteiger partial charge in [0.1, 0.15) is 5.84 Å². The number of rotatable bonds is 4. The quantitative estimate of drug-likeness (QED) is 0.480. The molecule has 0 aliphatic carbocycles. The maximum absolute atomic E-state index is 12.7. The van der Waals surface area contributed by atoms with Crippen LogP contribution in [-0.2, 0) is 16.0 Å². The van der Waals surface area contributed by atoms with Gasteiger partial charge in [0.15, 0.2) is 6.10 Å². The Balaban J connectivity index is 1.95. The molecule has 1 aliphatic rings. The Labute approximate surface area is 152 Å². The van der Waals surface area contributed by atoms with Crippen molar-refractivity contribution in [2.45, 2.75) is 28.8 Å². The first-order valence-corrected chi connectivity index (χ1v) is 8.60. The van der Waals surface area contributed by atoms with Crippen molar-refractivity contribution in [2.24, 2.45) is 5.73 Å². The summed E-state index contributed by atoms with van der Waals surface area (Å²) in [4.78, 5) is 12.2. The fourth-order valence-corrected chi connectivity index (χ4v) is 3.91. The summed E-state index contributed by atoms with van der Waals surface area (Å²) in [6, 6.07) is 13.4. The first-order valence-electron chi connectivity index (χ1n) is 7.72. The minimum absolute atomic E-state index is 0.0517. The summed E-state index contributed by atoms with van der Waals surface area (Å²) in [5.41, 5.74) is 7.39. The number of carbonyl (C=O) groups is 1. The highest BCUT2D eigenvalue weighted by Crippen LogP contribution is 2.40. The number of hydrogen-bond donors (Lipinski definition) is 2. The average molecular weight is 380 g/mol. The summed E-state index contributed by atoms with van der Waals surface area (Å²) >= 11 is 1.38. The van der Waals surface area contributed by atoms with Gasteiger partial charge in [-0.25, -0.2) is 4.79 Å². The van der Waals surface area contributed by atoms with Gasteiger partial charge in [-0.3, -0.25) is 5.41 Å². The molecule has 2 unspecified atom stereocenters. The van der Waals surface area contributed by atoms with Crippen LogP contribution >= 0.6 is 11.8 Å². The number of alkyl halides is 3. The van der Waals surface area contributed by atoms with E-state index in [9.17, 15) is 18.0 Å². The lowest BCUT2D eigenvalue weighted by atomic mass is 9.99. The number of hydrogen-bond acceptors (Lipinski definition) is 4. The molecule has 1 aliphatic heterocycles. The highest BCUT2D eigenvalue weighted by Gasteiger charge is 2.43. The molecule has 0 bridgehead atoms. The molecular formula is C18H15F3N2O2S. The molecule has 0 amide bonds. The van der Waals surface area contributed by atoms with E-state index < -0.39 is 18.2 Å². The van der Waals surface area contributed by atoms with E-state index in [0.29, 0.717) is 17.5 Å². The van der Waals surface area contributed by atoms with Gasteiger partial charge in [0, 0.05) is 4.90 Å². The van der Waals surface area contributed by atoms with Gasteiger partial charge in [-0.15, -0.1) is 11.8 Å². The van der Waals surface area contributed by atoms with E-state index in [1.165, 1.54) is 11.8 Å². The van der Waals surface area contributed by atoms with Crippen molar-refractivity contribution < 1.29 is 22.7 Å². The number of thioether (sulfide) groups is 1. The predicted molar refractivity (Wildman–Crippen MR) is 92.1 cm³/mol. The molecule has 3 N–H and O–H groups in total. The van der Waals surface area contributed by atoms with E-state index in [1.54, 1.807) is 48.5 Å². The number of fused-ring (bicyclic) bond motifs is 1. The van der Waals surface area contributed by atoms with Crippen molar-refractivity contribution in [1.82, 2.24) is 0 Å².